The van der Waals surface area contributed by atoms with Gasteiger partial charge in [0.05, 0.1) is 11.4 Å². The highest BCUT2D eigenvalue weighted by molar-refractivity contribution is 7.12. The van der Waals surface area contributed by atoms with Gasteiger partial charge in [-0.05, 0) is 66.6 Å². The van der Waals surface area contributed by atoms with Crippen molar-refractivity contribution in [1.29, 1.82) is 0 Å². The van der Waals surface area contributed by atoms with Crippen molar-refractivity contribution in [3.63, 3.8) is 0 Å². The van der Waals surface area contributed by atoms with Gasteiger partial charge in [-0.1, -0.05) is 13.0 Å². The molecule has 0 bridgehead atoms. The van der Waals surface area contributed by atoms with Crippen LogP contribution >= 0.6 is 11.3 Å². The highest BCUT2D eigenvalue weighted by Gasteiger charge is 2.30. The van der Waals surface area contributed by atoms with E-state index < -0.39 is 0 Å². The van der Waals surface area contributed by atoms with E-state index in [0.29, 0.717) is 19.6 Å². The van der Waals surface area contributed by atoms with Crippen LogP contribution in [0.3, 0.4) is 0 Å². The molecule has 2 aliphatic heterocycles. The molecule has 0 aliphatic carbocycles. The summed E-state index contributed by atoms with van der Waals surface area (Å²) in [5.74, 6) is 1.52. The van der Waals surface area contributed by atoms with Crippen LogP contribution in [0.5, 0.6) is 0 Å². The van der Waals surface area contributed by atoms with Gasteiger partial charge in [-0.2, -0.15) is 0 Å². The minimum atomic E-state index is -0.116. The normalized spacial score (nSPS) is 21.4. The van der Waals surface area contributed by atoms with E-state index >= 15 is 0 Å². The van der Waals surface area contributed by atoms with Crippen LogP contribution in [0, 0.1) is 11.8 Å². The minimum Gasteiger partial charge on any atom is -0.340 e. The Bertz CT molecular complexity index is 828. The summed E-state index contributed by atoms with van der Waals surface area (Å²) in [5.41, 5.74) is 0. The van der Waals surface area contributed by atoms with Crippen molar-refractivity contribution in [2.45, 2.75) is 45.7 Å². The van der Waals surface area contributed by atoms with Crippen molar-refractivity contribution in [2.75, 3.05) is 26.2 Å². The lowest BCUT2D eigenvalue weighted by Crippen LogP contribution is -2.44. The molecule has 0 spiro atoms. The van der Waals surface area contributed by atoms with Gasteiger partial charge in [0.2, 0.25) is 5.91 Å². The fourth-order valence-corrected chi connectivity index (χ4v) is 4.89. The van der Waals surface area contributed by atoms with E-state index in [1.54, 1.807) is 9.58 Å². The summed E-state index contributed by atoms with van der Waals surface area (Å²) in [6, 6.07) is 3.76. The third kappa shape index (κ3) is 4.90. The number of tetrazole rings is 1. The summed E-state index contributed by atoms with van der Waals surface area (Å²) in [7, 11) is 0. The Morgan fingerprint density at radius 3 is 2.79 bits per heavy atom. The first-order chi connectivity index (χ1) is 14.1. The lowest BCUT2D eigenvalue weighted by Gasteiger charge is -2.32. The molecule has 1 atom stereocenters. The molecule has 4 rings (SSSR count). The standard InChI is InChI=1S/C20H28N6O2S/c1-15-6-9-24(10-7-15)13-18-21-22-23-26(18)14-19(27)25-8-2-4-16(12-25)20(28)17-5-3-11-29-17/h3,5,11,15-16H,2,4,6-10,12-14H2,1H3. The Morgan fingerprint density at radius 1 is 1.21 bits per heavy atom. The first-order valence-corrected chi connectivity index (χ1v) is 11.3. The summed E-state index contributed by atoms with van der Waals surface area (Å²) >= 11 is 1.47. The molecule has 1 unspecified atom stereocenters. The molecule has 0 N–H and O–H groups in total. The maximum Gasteiger partial charge on any atom is 0.244 e. The molecular formula is C20H28N6O2S. The number of aromatic nitrogens is 4. The van der Waals surface area contributed by atoms with E-state index in [1.807, 2.05) is 17.5 Å². The Kier molecular flexibility index (Phi) is 6.34. The van der Waals surface area contributed by atoms with Crippen LogP contribution < -0.4 is 0 Å². The van der Waals surface area contributed by atoms with E-state index in [4.69, 9.17) is 0 Å². The van der Waals surface area contributed by atoms with Gasteiger partial charge in [0, 0.05) is 19.0 Å². The molecule has 2 aromatic rings. The second-order valence-electron chi connectivity index (χ2n) is 8.23. The van der Waals surface area contributed by atoms with Crippen LogP contribution in [-0.2, 0) is 17.9 Å². The molecule has 29 heavy (non-hydrogen) atoms. The van der Waals surface area contributed by atoms with Crippen molar-refractivity contribution < 1.29 is 9.59 Å². The fraction of sp³-hybridized carbons (Fsp3) is 0.650. The van der Waals surface area contributed by atoms with Gasteiger partial charge in [0.25, 0.3) is 0 Å². The number of Topliss-reactive ketones (excluding diaryl/α,β-unsaturated/α-hetero) is 1. The number of carbonyl (C=O) groups is 2. The maximum absolute atomic E-state index is 12.9. The topological polar surface area (TPSA) is 84.2 Å². The van der Waals surface area contributed by atoms with Crippen LogP contribution in [0.25, 0.3) is 0 Å². The summed E-state index contributed by atoms with van der Waals surface area (Å²) in [5, 5.41) is 13.9. The van der Waals surface area contributed by atoms with Gasteiger partial charge in [0.1, 0.15) is 6.54 Å². The molecule has 9 heteroatoms. The minimum absolute atomic E-state index is 0.0190. The monoisotopic (exact) mass is 416 g/mol. The zero-order chi connectivity index (χ0) is 20.2. The van der Waals surface area contributed by atoms with Gasteiger partial charge in [-0.25, -0.2) is 4.68 Å². The molecule has 0 saturated carbocycles. The van der Waals surface area contributed by atoms with Gasteiger partial charge in [-0.3, -0.25) is 14.5 Å². The largest absolute Gasteiger partial charge is 0.340 e. The summed E-state index contributed by atoms with van der Waals surface area (Å²) < 4.78 is 1.62. The predicted molar refractivity (Wildman–Crippen MR) is 109 cm³/mol. The molecule has 0 aromatic carbocycles. The first kappa shape index (κ1) is 20.2. The van der Waals surface area contributed by atoms with Crippen molar-refractivity contribution in [2.24, 2.45) is 11.8 Å². The number of thiophene rings is 1. The number of rotatable bonds is 6. The average Bonchev–Trinajstić information content (AvgIpc) is 3.42. The van der Waals surface area contributed by atoms with Crippen molar-refractivity contribution in [1.82, 2.24) is 30.0 Å². The van der Waals surface area contributed by atoms with Crippen LogP contribution in [0.15, 0.2) is 17.5 Å². The molecular weight excluding hydrogens is 388 g/mol. The zero-order valence-electron chi connectivity index (χ0n) is 16.9. The smallest absolute Gasteiger partial charge is 0.244 e. The second kappa shape index (κ2) is 9.13. The lowest BCUT2D eigenvalue weighted by molar-refractivity contribution is -0.133. The molecule has 2 aromatic heterocycles. The van der Waals surface area contributed by atoms with Gasteiger partial charge in [-0.15, -0.1) is 16.4 Å². The molecule has 0 radical (unpaired) electrons. The first-order valence-electron chi connectivity index (χ1n) is 10.4. The zero-order valence-corrected chi connectivity index (χ0v) is 17.7. The molecule has 1 amide bonds. The number of carbonyl (C=O) groups excluding carboxylic acids is 2. The Hall–Kier alpha value is -2.13. The number of amides is 1. The third-order valence-corrected chi connectivity index (χ3v) is 6.93. The van der Waals surface area contributed by atoms with Gasteiger partial charge >= 0.3 is 0 Å². The average molecular weight is 417 g/mol. The van der Waals surface area contributed by atoms with E-state index in [-0.39, 0.29) is 24.2 Å². The summed E-state index contributed by atoms with van der Waals surface area (Å²) in [6.45, 7) is 6.35. The predicted octanol–water partition coefficient (Wildman–Crippen LogP) is 2.09. The molecule has 156 valence electrons. The van der Waals surface area contributed by atoms with Crippen LogP contribution in [0.4, 0.5) is 0 Å². The fourth-order valence-electron chi connectivity index (χ4n) is 4.15. The third-order valence-electron chi connectivity index (χ3n) is 6.04. The van der Waals surface area contributed by atoms with E-state index in [1.165, 1.54) is 24.2 Å². The van der Waals surface area contributed by atoms with Gasteiger partial charge in [0.15, 0.2) is 11.6 Å². The van der Waals surface area contributed by atoms with Crippen molar-refractivity contribution in [3.05, 3.63) is 28.2 Å². The molecule has 2 saturated heterocycles. The van der Waals surface area contributed by atoms with Crippen LogP contribution in [-0.4, -0.2) is 67.9 Å². The van der Waals surface area contributed by atoms with E-state index in [0.717, 1.165) is 42.6 Å². The Morgan fingerprint density at radius 2 is 2.03 bits per heavy atom. The molecule has 2 aliphatic rings. The highest BCUT2D eigenvalue weighted by atomic mass is 32.1. The van der Waals surface area contributed by atoms with Crippen molar-refractivity contribution in [3.8, 4) is 0 Å². The number of hydrogen-bond donors (Lipinski definition) is 0. The van der Waals surface area contributed by atoms with Crippen molar-refractivity contribution >= 4 is 23.0 Å². The molecule has 4 heterocycles. The number of nitrogens with zero attached hydrogens (tertiary/aromatic N) is 6. The lowest BCUT2D eigenvalue weighted by atomic mass is 9.93. The second-order valence-corrected chi connectivity index (χ2v) is 9.18. The number of hydrogen-bond acceptors (Lipinski definition) is 7. The highest BCUT2D eigenvalue weighted by Crippen LogP contribution is 2.23. The van der Waals surface area contributed by atoms with Crippen LogP contribution in [0.1, 0.15) is 48.1 Å². The van der Waals surface area contributed by atoms with E-state index in [9.17, 15) is 9.59 Å². The Balaban J connectivity index is 1.34. The summed E-state index contributed by atoms with van der Waals surface area (Å²) in [6.07, 6.45) is 4.06. The number of likely N-dealkylation sites (tertiary alicyclic amines) is 2. The quantitative estimate of drug-likeness (QED) is 0.671. The summed E-state index contributed by atoms with van der Waals surface area (Å²) in [4.78, 5) is 30.5. The van der Waals surface area contributed by atoms with E-state index in [2.05, 4.69) is 27.3 Å². The maximum atomic E-state index is 12.9. The number of ketones is 1. The molecule has 2 fully saturated rings. The SMILES string of the molecule is CC1CCN(Cc2nnnn2CC(=O)N2CCCC(C(=O)c3cccs3)C2)CC1. The molecule has 8 nitrogen and oxygen atoms in total. The number of piperidine rings is 2. The Labute approximate surface area is 174 Å². The van der Waals surface area contributed by atoms with Gasteiger partial charge < -0.3 is 4.90 Å². The van der Waals surface area contributed by atoms with Crippen LogP contribution in [0.2, 0.25) is 0 Å².